The Morgan fingerprint density at radius 3 is 2.22 bits per heavy atom. The number of amides is 1. The van der Waals surface area contributed by atoms with Gasteiger partial charge in [-0.3, -0.25) is 4.79 Å². The lowest BCUT2D eigenvalue weighted by Gasteiger charge is -2.32. The second kappa shape index (κ2) is 11.5. The van der Waals surface area contributed by atoms with Gasteiger partial charge in [-0.15, -0.1) is 0 Å². The van der Waals surface area contributed by atoms with E-state index in [2.05, 4.69) is 0 Å². The average Bonchev–Trinajstić information content (AvgIpc) is 2.76. The van der Waals surface area contributed by atoms with Crippen LogP contribution in [-0.4, -0.2) is 48.4 Å². The van der Waals surface area contributed by atoms with Crippen LogP contribution in [0.25, 0.3) is 0 Å². The first-order valence-corrected chi connectivity index (χ1v) is 10.9. The zero-order valence-electron chi connectivity index (χ0n) is 19.5. The third-order valence-corrected chi connectivity index (χ3v) is 4.89. The molecule has 2 rings (SSSR count). The van der Waals surface area contributed by atoms with Crippen LogP contribution in [0.5, 0.6) is 11.5 Å². The molecule has 7 nitrogen and oxygen atoms in total. The molecule has 0 aliphatic rings. The summed E-state index contributed by atoms with van der Waals surface area (Å²) in [6.07, 6.45) is -0.642. The summed E-state index contributed by atoms with van der Waals surface area (Å²) < 4.78 is 17.0. The van der Waals surface area contributed by atoms with Crippen molar-refractivity contribution in [3.8, 4) is 11.5 Å². The number of carboxylic acids is 1. The molecule has 1 amide bonds. The summed E-state index contributed by atoms with van der Waals surface area (Å²) in [6.45, 7) is 10.3. The molecule has 0 aliphatic heterocycles. The molecular formula is C25H33NO6. The highest BCUT2D eigenvalue weighted by Crippen LogP contribution is 2.31. The molecule has 0 saturated heterocycles. The van der Waals surface area contributed by atoms with Crippen LogP contribution in [0.1, 0.15) is 40.2 Å². The van der Waals surface area contributed by atoms with Crippen molar-refractivity contribution in [1.29, 1.82) is 0 Å². The molecule has 0 radical (unpaired) electrons. The van der Waals surface area contributed by atoms with Gasteiger partial charge in [-0.1, -0.05) is 24.3 Å². The van der Waals surface area contributed by atoms with E-state index in [1.54, 1.807) is 49.9 Å². The average molecular weight is 444 g/mol. The fourth-order valence-electron chi connectivity index (χ4n) is 3.37. The molecule has 0 heterocycles. The Morgan fingerprint density at radius 2 is 1.66 bits per heavy atom. The minimum absolute atomic E-state index is 0.196. The molecule has 0 fully saturated rings. The molecule has 2 aromatic carbocycles. The zero-order chi connectivity index (χ0) is 23.7. The van der Waals surface area contributed by atoms with E-state index in [0.717, 1.165) is 5.56 Å². The SMILES string of the molecule is CCOc1ccccc1N(CC)C(=O)C(C)(C)Oc1ccc(C[C@H](OCC)C(=O)O)cc1. The lowest BCUT2D eigenvalue weighted by atomic mass is 10.1. The Kier molecular flexibility index (Phi) is 9.08. The van der Waals surface area contributed by atoms with Crippen LogP contribution in [0, 0.1) is 0 Å². The second-order valence-corrected chi connectivity index (χ2v) is 7.69. The molecule has 7 heteroatoms. The number of nitrogens with zero attached hydrogens (tertiary/aromatic N) is 1. The number of aliphatic carboxylic acids is 1. The van der Waals surface area contributed by atoms with Crippen molar-refractivity contribution in [2.24, 2.45) is 0 Å². The van der Waals surface area contributed by atoms with Crippen molar-refractivity contribution in [1.82, 2.24) is 0 Å². The molecule has 0 bridgehead atoms. The summed E-state index contributed by atoms with van der Waals surface area (Å²) in [5.41, 5.74) is 0.374. The third-order valence-electron chi connectivity index (χ3n) is 4.89. The predicted molar refractivity (Wildman–Crippen MR) is 124 cm³/mol. The van der Waals surface area contributed by atoms with Gasteiger partial charge in [0.1, 0.15) is 11.5 Å². The molecule has 0 unspecified atom stereocenters. The molecule has 0 saturated carbocycles. The molecule has 0 aromatic heterocycles. The van der Waals surface area contributed by atoms with Gasteiger partial charge in [0.2, 0.25) is 0 Å². The smallest absolute Gasteiger partial charge is 0.333 e. The predicted octanol–water partition coefficient (Wildman–Crippen LogP) is 4.33. The summed E-state index contributed by atoms with van der Waals surface area (Å²) in [4.78, 5) is 26.3. The first kappa shape index (κ1) is 25.2. The monoisotopic (exact) mass is 443 g/mol. The number of likely N-dealkylation sites (N-methyl/N-ethyl adjacent to an activating group) is 1. The fraction of sp³-hybridized carbons (Fsp3) is 0.440. The summed E-state index contributed by atoms with van der Waals surface area (Å²) in [6, 6.07) is 14.5. The van der Waals surface area contributed by atoms with Crippen LogP contribution in [0.4, 0.5) is 5.69 Å². The van der Waals surface area contributed by atoms with Gasteiger partial charge < -0.3 is 24.2 Å². The van der Waals surface area contributed by atoms with E-state index in [4.69, 9.17) is 14.2 Å². The third kappa shape index (κ3) is 6.47. The quantitative estimate of drug-likeness (QED) is 0.526. The highest BCUT2D eigenvalue weighted by atomic mass is 16.5. The Morgan fingerprint density at radius 1 is 1.00 bits per heavy atom. The minimum atomic E-state index is -1.13. The number of carbonyl (C=O) groups is 2. The number of hydrogen-bond acceptors (Lipinski definition) is 5. The standard InChI is InChI=1S/C25H33NO6/c1-6-26(20-11-9-10-12-21(20)30-7-2)24(29)25(4,5)32-19-15-13-18(14-16-19)17-22(23(27)28)31-8-3/h9-16,22H,6-8,17H2,1-5H3,(H,27,28)/t22-/m0/s1. The number of para-hydroxylation sites is 2. The van der Waals surface area contributed by atoms with E-state index in [0.29, 0.717) is 36.9 Å². The van der Waals surface area contributed by atoms with E-state index in [9.17, 15) is 14.7 Å². The normalized spacial score (nSPS) is 12.2. The van der Waals surface area contributed by atoms with E-state index < -0.39 is 17.7 Å². The van der Waals surface area contributed by atoms with Gasteiger partial charge in [0.05, 0.1) is 12.3 Å². The lowest BCUT2D eigenvalue weighted by Crippen LogP contribution is -2.49. The highest BCUT2D eigenvalue weighted by Gasteiger charge is 2.35. The van der Waals surface area contributed by atoms with E-state index in [-0.39, 0.29) is 12.3 Å². The number of benzene rings is 2. The van der Waals surface area contributed by atoms with Gasteiger partial charge in [-0.05, 0) is 64.4 Å². The van der Waals surface area contributed by atoms with Crippen molar-refractivity contribution in [3.05, 3.63) is 54.1 Å². The number of rotatable bonds is 12. The van der Waals surface area contributed by atoms with Crippen LogP contribution < -0.4 is 14.4 Å². The summed E-state index contributed by atoms with van der Waals surface area (Å²) in [5, 5.41) is 9.26. The number of hydrogen-bond donors (Lipinski definition) is 1. The van der Waals surface area contributed by atoms with E-state index in [1.807, 2.05) is 38.1 Å². The number of carboxylic acid groups (broad SMARTS) is 1. The van der Waals surface area contributed by atoms with Gasteiger partial charge in [-0.2, -0.15) is 0 Å². The van der Waals surface area contributed by atoms with Crippen molar-refractivity contribution in [2.45, 2.75) is 52.7 Å². The second-order valence-electron chi connectivity index (χ2n) is 7.69. The number of carbonyl (C=O) groups excluding carboxylic acids is 1. The maximum Gasteiger partial charge on any atom is 0.333 e. The van der Waals surface area contributed by atoms with Crippen LogP contribution in [0.3, 0.4) is 0 Å². The molecular weight excluding hydrogens is 410 g/mol. The van der Waals surface area contributed by atoms with Gasteiger partial charge in [-0.25, -0.2) is 4.79 Å². The fourth-order valence-corrected chi connectivity index (χ4v) is 3.37. The molecule has 174 valence electrons. The zero-order valence-corrected chi connectivity index (χ0v) is 19.5. The molecule has 1 atom stereocenters. The van der Waals surface area contributed by atoms with Gasteiger partial charge in [0.15, 0.2) is 11.7 Å². The van der Waals surface area contributed by atoms with Crippen molar-refractivity contribution in [2.75, 3.05) is 24.7 Å². The molecule has 2 aromatic rings. The van der Waals surface area contributed by atoms with Crippen LogP contribution in [0.2, 0.25) is 0 Å². The maximum atomic E-state index is 13.4. The van der Waals surface area contributed by atoms with Crippen LogP contribution in [-0.2, 0) is 20.7 Å². The van der Waals surface area contributed by atoms with Gasteiger partial charge in [0.25, 0.3) is 5.91 Å². The van der Waals surface area contributed by atoms with E-state index in [1.165, 1.54) is 0 Å². The minimum Gasteiger partial charge on any atom is -0.492 e. The summed E-state index contributed by atoms with van der Waals surface area (Å²) in [5.74, 6) is -0.0263. The Hall–Kier alpha value is -3.06. The van der Waals surface area contributed by atoms with Crippen molar-refractivity contribution < 1.29 is 28.9 Å². The van der Waals surface area contributed by atoms with Crippen LogP contribution >= 0.6 is 0 Å². The largest absolute Gasteiger partial charge is 0.492 e. The summed E-state index contributed by atoms with van der Waals surface area (Å²) in [7, 11) is 0. The molecule has 0 spiro atoms. The maximum absolute atomic E-state index is 13.4. The Labute approximate surface area is 189 Å². The van der Waals surface area contributed by atoms with Crippen molar-refractivity contribution in [3.63, 3.8) is 0 Å². The summed E-state index contributed by atoms with van der Waals surface area (Å²) >= 11 is 0. The van der Waals surface area contributed by atoms with Gasteiger partial charge >= 0.3 is 5.97 Å². The number of ether oxygens (including phenoxy) is 3. The molecule has 32 heavy (non-hydrogen) atoms. The van der Waals surface area contributed by atoms with Crippen molar-refractivity contribution >= 4 is 17.6 Å². The molecule has 1 N–H and O–H groups in total. The van der Waals surface area contributed by atoms with E-state index >= 15 is 0 Å². The lowest BCUT2D eigenvalue weighted by molar-refractivity contribution is -0.150. The topological polar surface area (TPSA) is 85.3 Å². The number of anilines is 1. The highest BCUT2D eigenvalue weighted by molar-refractivity contribution is 6.00. The molecule has 0 aliphatic carbocycles. The van der Waals surface area contributed by atoms with Crippen LogP contribution in [0.15, 0.2) is 48.5 Å². The van der Waals surface area contributed by atoms with Gasteiger partial charge in [0, 0.05) is 19.6 Å². The first-order valence-electron chi connectivity index (χ1n) is 10.9. The Bertz CT molecular complexity index is 894. The first-order chi connectivity index (χ1) is 15.2. The Balaban J connectivity index is 2.16.